The minimum atomic E-state index is -0.865. The van der Waals surface area contributed by atoms with E-state index in [0.29, 0.717) is 11.6 Å². The molecule has 1 aromatic rings. The summed E-state index contributed by atoms with van der Waals surface area (Å²) in [5, 5.41) is 9.60. The molecule has 1 saturated heterocycles. The predicted molar refractivity (Wildman–Crippen MR) is 75.2 cm³/mol. The number of thioether (sulfide) groups is 1. The van der Waals surface area contributed by atoms with Crippen LogP contribution in [0.4, 0.5) is 0 Å². The second kappa shape index (κ2) is 5.76. The molecule has 1 aliphatic heterocycles. The number of aromatic carboxylic acids is 1. The lowest BCUT2D eigenvalue weighted by Gasteiger charge is -2.23. The number of rotatable bonds is 4. The number of hydrogen-bond acceptors (Lipinski definition) is 3. The molecule has 2 unspecified atom stereocenters. The van der Waals surface area contributed by atoms with Gasteiger partial charge in [0.25, 0.3) is 0 Å². The van der Waals surface area contributed by atoms with Gasteiger partial charge in [0.05, 0.1) is 5.56 Å². The number of carbonyl (C=O) groups is 1. The van der Waals surface area contributed by atoms with Crippen LogP contribution in [0.1, 0.15) is 29.3 Å². The second-order valence-electron chi connectivity index (χ2n) is 4.95. The average Bonchev–Trinajstić information content (AvgIpc) is 2.76. The van der Waals surface area contributed by atoms with E-state index in [1.54, 1.807) is 12.1 Å². The molecule has 98 valence electrons. The minimum absolute atomic E-state index is 0.353. The Balaban J connectivity index is 1.94. The third kappa shape index (κ3) is 3.27. The number of nitrogens with zero attached hydrogens (tertiary/aromatic N) is 1. The molecule has 18 heavy (non-hydrogen) atoms. The lowest BCUT2D eigenvalue weighted by Crippen LogP contribution is -2.31. The molecular formula is C14H19NO2S. The Morgan fingerprint density at radius 3 is 2.61 bits per heavy atom. The van der Waals surface area contributed by atoms with E-state index in [0.717, 1.165) is 11.8 Å². The van der Waals surface area contributed by atoms with Crippen LogP contribution in [0.2, 0.25) is 0 Å². The van der Waals surface area contributed by atoms with E-state index in [2.05, 4.69) is 18.9 Å². The van der Waals surface area contributed by atoms with Crippen molar-refractivity contribution in [2.75, 3.05) is 12.8 Å². The molecule has 1 aliphatic rings. The molecular weight excluding hydrogens is 246 g/mol. The number of benzene rings is 1. The fourth-order valence-corrected chi connectivity index (χ4v) is 3.57. The van der Waals surface area contributed by atoms with Crippen molar-refractivity contribution in [1.82, 2.24) is 4.90 Å². The van der Waals surface area contributed by atoms with E-state index >= 15 is 0 Å². The Bertz CT molecular complexity index is 418. The van der Waals surface area contributed by atoms with Crippen molar-refractivity contribution >= 4 is 17.7 Å². The predicted octanol–water partition coefficient (Wildman–Crippen LogP) is 2.71. The van der Waals surface area contributed by atoms with Gasteiger partial charge in [-0.1, -0.05) is 19.1 Å². The summed E-state index contributed by atoms with van der Waals surface area (Å²) in [5.41, 5.74) is 1.53. The highest BCUT2D eigenvalue weighted by molar-refractivity contribution is 8.00. The normalized spacial score (nSPS) is 23.5. The van der Waals surface area contributed by atoms with Crippen molar-refractivity contribution in [1.29, 1.82) is 0 Å². The minimum Gasteiger partial charge on any atom is -0.478 e. The van der Waals surface area contributed by atoms with Crippen molar-refractivity contribution < 1.29 is 9.90 Å². The number of carboxylic acid groups (broad SMARTS) is 1. The van der Waals surface area contributed by atoms with Gasteiger partial charge in [0, 0.05) is 23.6 Å². The standard InChI is InChI=1S/C14H19NO2S/c1-10-7-13(9-18-10)15(2)8-11-3-5-12(6-4-11)14(16)17/h3-6,10,13H,7-9H2,1-2H3,(H,16,17). The fraction of sp³-hybridized carbons (Fsp3) is 0.500. The first kappa shape index (κ1) is 13.4. The van der Waals surface area contributed by atoms with Crippen molar-refractivity contribution in [2.24, 2.45) is 0 Å². The summed E-state index contributed by atoms with van der Waals surface area (Å²) >= 11 is 2.03. The van der Waals surface area contributed by atoms with Gasteiger partial charge in [-0.05, 0) is 31.2 Å². The summed E-state index contributed by atoms with van der Waals surface area (Å²) in [6, 6.07) is 7.82. The smallest absolute Gasteiger partial charge is 0.335 e. The molecule has 0 aromatic heterocycles. The van der Waals surface area contributed by atoms with Gasteiger partial charge in [-0.3, -0.25) is 4.90 Å². The molecule has 4 heteroatoms. The Hall–Kier alpha value is -1.00. The van der Waals surface area contributed by atoms with Gasteiger partial charge in [0.2, 0.25) is 0 Å². The van der Waals surface area contributed by atoms with Gasteiger partial charge in [0.1, 0.15) is 0 Å². The highest BCUT2D eigenvalue weighted by Crippen LogP contribution is 2.29. The van der Waals surface area contributed by atoms with E-state index in [1.807, 2.05) is 23.9 Å². The lowest BCUT2D eigenvalue weighted by molar-refractivity contribution is 0.0697. The van der Waals surface area contributed by atoms with E-state index in [-0.39, 0.29) is 0 Å². The molecule has 0 amide bonds. The molecule has 0 radical (unpaired) electrons. The van der Waals surface area contributed by atoms with Crippen LogP contribution in [-0.4, -0.2) is 40.1 Å². The third-order valence-electron chi connectivity index (χ3n) is 3.43. The zero-order valence-corrected chi connectivity index (χ0v) is 11.6. The maximum absolute atomic E-state index is 10.8. The van der Waals surface area contributed by atoms with Crippen molar-refractivity contribution in [3.05, 3.63) is 35.4 Å². The molecule has 0 saturated carbocycles. The van der Waals surface area contributed by atoms with Crippen molar-refractivity contribution in [2.45, 2.75) is 31.2 Å². The molecule has 1 aromatic carbocycles. The highest BCUT2D eigenvalue weighted by Gasteiger charge is 2.25. The van der Waals surface area contributed by atoms with Crippen LogP contribution >= 0.6 is 11.8 Å². The van der Waals surface area contributed by atoms with E-state index < -0.39 is 5.97 Å². The monoisotopic (exact) mass is 265 g/mol. The quantitative estimate of drug-likeness (QED) is 0.908. The summed E-state index contributed by atoms with van der Waals surface area (Å²) in [4.78, 5) is 13.1. The SMILES string of the molecule is CC1CC(N(C)Cc2ccc(C(=O)O)cc2)CS1. The Morgan fingerprint density at radius 1 is 1.44 bits per heavy atom. The maximum atomic E-state index is 10.8. The van der Waals surface area contributed by atoms with Crippen LogP contribution in [-0.2, 0) is 6.54 Å². The van der Waals surface area contributed by atoms with E-state index in [9.17, 15) is 4.79 Å². The molecule has 1 fully saturated rings. The van der Waals surface area contributed by atoms with Crippen LogP contribution in [0.3, 0.4) is 0 Å². The molecule has 1 N–H and O–H groups in total. The van der Waals surface area contributed by atoms with Crippen molar-refractivity contribution in [3.8, 4) is 0 Å². The highest BCUT2D eigenvalue weighted by atomic mass is 32.2. The van der Waals surface area contributed by atoms with Gasteiger partial charge in [-0.2, -0.15) is 11.8 Å². The molecule has 0 aliphatic carbocycles. The van der Waals surface area contributed by atoms with Gasteiger partial charge in [-0.15, -0.1) is 0 Å². The van der Waals surface area contributed by atoms with Crippen LogP contribution in [0.25, 0.3) is 0 Å². The second-order valence-corrected chi connectivity index (χ2v) is 6.42. The fourth-order valence-electron chi connectivity index (χ4n) is 2.27. The Kier molecular flexibility index (Phi) is 4.30. The van der Waals surface area contributed by atoms with Gasteiger partial charge in [-0.25, -0.2) is 4.79 Å². The van der Waals surface area contributed by atoms with E-state index in [4.69, 9.17) is 5.11 Å². The zero-order chi connectivity index (χ0) is 13.1. The Labute approximate surface area is 112 Å². The zero-order valence-electron chi connectivity index (χ0n) is 10.8. The summed E-state index contributed by atoms with van der Waals surface area (Å²) in [6.07, 6.45) is 1.24. The van der Waals surface area contributed by atoms with Gasteiger partial charge in [0.15, 0.2) is 0 Å². The average molecular weight is 265 g/mol. The summed E-state index contributed by atoms with van der Waals surface area (Å²) < 4.78 is 0. The summed E-state index contributed by atoms with van der Waals surface area (Å²) in [7, 11) is 2.15. The number of carboxylic acids is 1. The lowest BCUT2D eigenvalue weighted by atomic mass is 10.1. The molecule has 3 nitrogen and oxygen atoms in total. The molecule has 2 rings (SSSR count). The van der Waals surface area contributed by atoms with Crippen molar-refractivity contribution in [3.63, 3.8) is 0 Å². The Morgan fingerprint density at radius 2 is 2.11 bits per heavy atom. The van der Waals surface area contributed by atoms with E-state index in [1.165, 1.54) is 17.7 Å². The third-order valence-corrected chi connectivity index (χ3v) is 4.77. The van der Waals surface area contributed by atoms with Crippen LogP contribution < -0.4 is 0 Å². The molecule has 0 bridgehead atoms. The molecule has 2 atom stereocenters. The first-order valence-electron chi connectivity index (χ1n) is 6.20. The largest absolute Gasteiger partial charge is 0.478 e. The summed E-state index contributed by atoms with van der Waals surface area (Å²) in [5.74, 6) is 0.334. The van der Waals surface area contributed by atoms with Gasteiger partial charge < -0.3 is 5.11 Å². The first-order chi connectivity index (χ1) is 8.56. The first-order valence-corrected chi connectivity index (χ1v) is 7.25. The molecule has 1 heterocycles. The summed E-state index contributed by atoms with van der Waals surface area (Å²) in [6.45, 7) is 3.16. The van der Waals surface area contributed by atoms with Crippen LogP contribution in [0.15, 0.2) is 24.3 Å². The number of hydrogen-bond donors (Lipinski definition) is 1. The molecule has 0 spiro atoms. The van der Waals surface area contributed by atoms with Crippen LogP contribution in [0.5, 0.6) is 0 Å². The maximum Gasteiger partial charge on any atom is 0.335 e. The van der Waals surface area contributed by atoms with Gasteiger partial charge >= 0.3 is 5.97 Å². The topological polar surface area (TPSA) is 40.5 Å². The van der Waals surface area contributed by atoms with Crippen LogP contribution in [0, 0.1) is 0 Å².